The highest BCUT2D eigenvalue weighted by Crippen LogP contribution is 2.36. The molecule has 21 heavy (non-hydrogen) atoms. The zero-order chi connectivity index (χ0) is 14.7. The number of amides is 1. The van der Waals surface area contributed by atoms with Crippen LogP contribution in [0.25, 0.3) is 0 Å². The Morgan fingerprint density at radius 3 is 2.52 bits per heavy atom. The van der Waals surface area contributed by atoms with Crippen LogP contribution < -0.4 is 11.1 Å². The number of carbonyl (C=O) groups is 1. The normalized spacial score (nSPS) is 27.7. The average Bonchev–Trinajstić information content (AvgIpc) is 2.51. The Hall–Kier alpha value is -1.39. The molecule has 0 radical (unpaired) electrons. The fourth-order valence-corrected chi connectivity index (χ4v) is 3.32. The summed E-state index contributed by atoms with van der Waals surface area (Å²) in [4.78, 5) is 12.2. The molecule has 1 aliphatic carbocycles. The largest absolute Gasteiger partial charge is 0.381 e. The Labute approximate surface area is 126 Å². The number of benzene rings is 1. The van der Waals surface area contributed by atoms with Gasteiger partial charge in [-0.25, -0.2) is 0 Å². The van der Waals surface area contributed by atoms with Crippen molar-refractivity contribution in [3.63, 3.8) is 0 Å². The lowest BCUT2D eigenvalue weighted by atomic mass is 9.75. The average molecular weight is 288 g/mol. The van der Waals surface area contributed by atoms with Crippen LogP contribution in [0.4, 0.5) is 0 Å². The van der Waals surface area contributed by atoms with Crippen molar-refractivity contribution in [3.8, 4) is 0 Å². The highest BCUT2D eigenvalue weighted by molar-refractivity contribution is 5.82. The number of hydrogen-bond donors (Lipinski definition) is 2. The molecule has 1 aromatic rings. The van der Waals surface area contributed by atoms with E-state index in [1.807, 2.05) is 6.07 Å². The Bertz CT molecular complexity index is 465. The molecule has 4 nitrogen and oxygen atoms in total. The van der Waals surface area contributed by atoms with E-state index < -0.39 is 0 Å². The molecule has 3 N–H and O–H groups in total. The predicted octanol–water partition coefficient (Wildman–Crippen LogP) is 1.80. The molecule has 1 saturated carbocycles. The van der Waals surface area contributed by atoms with Gasteiger partial charge >= 0.3 is 0 Å². The second kappa shape index (κ2) is 6.58. The summed E-state index contributed by atoms with van der Waals surface area (Å²) in [5.74, 6) is 0.859. The van der Waals surface area contributed by atoms with Gasteiger partial charge in [-0.05, 0) is 43.1 Å². The highest BCUT2D eigenvalue weighted by atomic mass is 16.5. The lowest BCUT2D eigenvalue weighted by Crippen LogP contribution is -2.52. The number of rotatable bonds is 4. The van der Waals surface area contributed by atoms with Crippen LogP contribution in [0.3, 0.4) is 0 Å². The van der Waals surface area contributed by atoms with Crippen LogP contribution in [0.5, 0.6) is 0 Å². The van der Waals surface area contributed by atoms with Gasteiger partial charge in [-0.1, -0.05) is 30.3 Å². The summed E-state index contributed by atoms with van der Waals surface area (Å²) in [7, 11) is 0. The van der Waals surface area contributed by atoms with Crippen LogP contribution in [-0.2, 0) is 9.53 Å². The van der Waals surface area contributed by atoms with Crippen LogP contribution in [0.15, 0.2) is 30.3 Å². The molecule has 1 aromatic carbocycles. The van der Waals surface area contributed by atoms with Crippen LogP contribution in [0.2, 0.25) is 0 Å². The molecule has 1 amide bonds. The summed E-state index contributed by atoms with van der Waals surface area (Å²) >= 11 is 0. The van der Waals surface area contributed by atoms with Crippen molar-refractivity contribution in [1.29, 1.82) is 0 Å². The Morgan fingerprint density at radius 2 is 1.86 bits per heavy atom. The fourth-order valence-electron chi connectivity index (χ4n) is 3.32. The lowest BCUT2D eigenvalue weighted by molar-refractivity contribution is -0.125. The van der Waals surface area contributed by atoms with E-state index in [-0.39, 0.29) is 23.9 Å². The zero-order valence-corrected chi connectivity index (χ0v) is 12.3. The van der Waals surface area contributed by atoms with Crippen molar-refractivity contribution in [2.75, 3.05) is 13.2 Å². The van der Waals surface area contributed by atoms with Crippen molar-refractivity contribution in [3.05, 3.63) is 35.9 Å². The van der Waals surface area contributed by atoms with Crippen molar-refractivity contribution in [2.45, 2.75) is 43.7 Å². The maximum Gasteiger partial charge on any atom is 0.237 e. The van der Waals surface area contributed by atoms with E-state index >= 15 is 0 Å². The van der Waals surface area contributed by atoms with E-state index in [0.29, 0.717) is 5.92 Å². The number of nitrogens with two attached hydrogens (primary N) is 1. The van der Waals surface area contributed by atoms with Crippen molar-refractivity contribution in [1.82, 2.24) is 5.32 Å². The molecule has 1 saturated heterocycles. The quantitative estimate of drug-likeness (QED) is 0.888. The number of nitrogens with one attached hydrogen (secondary N) is 1. The molecule has 1 atom stereocenters. The molecule has 0 spiro atoms. The molecular formula is C17H24N2O2. The van der Waals surface area contributed by atoms with Gasteiger partial charge in [0.2, 0.25) is 5.91 Å². The second-order valence-corrected chi connectivity index (χ2v) is 6.26. The van der Waals surface area contributed by atoms with Crippen LogP contribution in [0.1, 0.15) is 37.2 Å². The first kappa shape index (κ1) is 14.5. The third kappa shape index (κ3) is 3.44. The standard InChI is InChI=1S/C17H24N2O2/c18-16(13-6-8-21-9-7-13)17(20)19-15-10-14(11-15)12-4-2-1-3-5-12/h1-5,13-16H,6-11,18H2,(H,19,20). The SMILES string of the molecule is NC(C(=O)NC1CC(c2ccccc2)C1)C1CCOCC1. The Morgan fingerprint density at radius 1 is 1.19 bits per heavy atom. The predicted molar refractivity (Wildman–Crippen MR) is 81.9 cm³/mol. The second-order valence-electron chi connectivity index (χ2n) is 6.26. The first-order chi connectivity index (χ1) is 10.2. The molecule has 4 heteroatoms. The Balaban J connectivity index is 1.44. The molecule has 0 bridgehead atoms. The molecule has 2 aliphatic rings. The smallest absolute Gasteiger partial charge is 0.237 e. The van der Waals surface area contributed by atoms with Crippen molar-refractivity contribution in [2.24, 2.45) is 11.7 Å². The van der Waals surface area contributed by atoms with E-state index in [9.17, 15) is 4.79 Å². The summed E-state index contributed by atoms with van der Waals surface area (Å²) in [6.45, 7) is 1.45. The molecule has 1 unspecified atom stereocenters. The molecule has 114 valence electrons. The maximum absolute atomic E-state index is 12.2. The minimum atomic E-state index is -0.385. The minimum absolute atomic E-state index is 0.0124. The first-order valence-corrected chi connectivity index (χ1v) is 7.92. The number of carbonyl (C=O) groups excluding carboxylic acids is 1. The summed E-state index contributed by atoms with van der Waals surface area (Å²) in [6, 6.07) is 10.4. The summed E-state index contributed by atoms with van der Waals surface area (Å²) in [5.41, 5.74) is 7.47. The van der Waals surface area contributed by atoms with Crippen molar-refractivity contribution < 1.29 is 9.53 Å². The molecule has 1 aliphatic heterocycles. The van der Waals surface area contributed by atoms with E-state index in [2.05, 4.69) is 29.6 Å². The van der Waals surface area contributed by atoms with Gasteiger partial charge in [0.15, 0.2) is 0 Å². The highest BCUT2D eigenvalue weighted by Gasteiger charge is 2.34. The van der Waals surface area contributed by atoms with Gasteiger partial charge in [0, 0.05) is 19.3 Å². The van der Waals surface area contributed by atoms with Crippen LogP contribution in [0, 0.1) is 5.92 Å². The molecule has 3 rings (SSSR count). The van der Waals surface area contributed by atoms with Crippen LogP contribution >= 0.6 is 0 Å². The number of ether oxygens (including phenoxy) is 1. The van der Waals surface area contributed by atoms with Gasteiger partial charge in [-0.2, -0.15) is 0 Å². The van der Waals surface area contributed by atoms with Gasteiger partial charge < -0.3 is 15.8 Å². The van der Waals surface area contributed by atoms with Gasteiger partial charge in [-0.15, -0.1) is 0 Å². The topological polar surface area (TPSA) is 64.4 Å². The third-order valence-corrected chi connectivity index (χ3v) is 4.83. The summed E-state index contributed by atoms with van der Waals surface area (Å²) in [6.07, 6.45) is 3.84. The monoisotopic (exact) mass is 288 g/mol. The van der Waals surface area contributed by atoms with E-state index in [0.717, 1.165) is 38.9 Å². The van der Waals surface area contributed by atoms with E-state index in [1.54, 1.807) is 0 Å². The van der Waals surface area contributed by atoms with Gasteiger partial charge in [0.25, 0.3) is 0 Å². The molecule has 0 aromatic heterocycles. The Kier molecular flexibility index (Phi) is 4.56. The molecule has 1 heterocycles. The van der Waals surface area contributed by atoms with Gasteiger partial charge in [-0.3, -0.25) is 4.79 Å². The number of hydrogen-bond acceptors (Lipinski definition) is 3. The van der Waals surface area contributed by atoms with Crippen molar-refractivity contribution >= 4 is 5.91 Å². The third-order valence-electron chi connectivity index (χ3n) is 4.83. The van der Waals surface area contributed by atoms with Crippen LogP contribution in [-0.4, -0.2) is 31.2 Å². The zero-order valence-electron chi connectivity index (χ0n) is 12.3. The summed E-state index contributed by atoms with van der Waals surface area (Å²) < 4.78 is 5.32. The van der Waals surface area contributed by atoms with Gasteiger partial charge in [0.1, 0.15) is 0 Å². The molecular weight excluding hydrogens is 264 g/mol. The van der Waals surface area contributed by atoms with E-state index in [4.69, 9.17) is 10.5 Å². The fraction of sp³-hybridized carbons (Fsp3) is 0.588. The molecule has 2 fully saturated rings. The lowest BCUT2D eigenvalue weighted by Gasteiger charge is -2.37. The summed E-state index contributed by atoms with van der Waals surface area (Å²) in [5, 5.41) is 3.11. The first-order valence-electron chi connectivity index (χ1n) is 7.92. The van der Waals surface area contributed by atoms with E-state index in [1.165, 1.54) is 5.56 Å². The maximum atomic E-state index is 12.2. The minimum Gasteiger partial charge on any atom is -0.381 e. The van der Waals surface area contributed by atoms with Gasteiger partial charge in [0.05, 0.1) is 6.04 Å².